The smallest absolute Gasteiger partial charge is 0.0615 e. The van der Waals surface area contributed by atoms with Crippen LogP contribution in [-0.2, 0) is 4.74 Å². The van der Waals surface area contributed by atoms with E-state index in [4.69, 9.17) is 4.74 Å². The van der Waals surface area contributed by atoms with Crippen molar-refractivity contribution in [2.45, 2.75) is 51.1 Å². The van der Waals surface area contributed by atoms with Crippen LogP contribution in [0.3, 0.4) is 0 Å². The van der Waals surface area contributed by atoms with Gasteiger partial charge in [-0.2, -0.15) is 0 Å². The first-order valence-electron chi connectivity index (χ1n) is 6.66. The molecule has 1 rings (SSSR count). The highest BCUT2D eigenvalue weighted by atomic mass is 16.5. The van der Waals surface area contributed by atoms with Gasteiger partial charge in [0.15, 0.2) is 0 Å². The summed E-state index contributed by atoms with van der Waals surface area (Å²) in [7, 11) is 3.96. The maximum absolute atomic E-state index is 5.15. The number of rotatable bonds is 10. The van der Waals surface area contributed by atoms with Crippen LogP contribution in [0.4, 0.5) is 0 Å². The number of hydrogen-bond donors (Lipinski definition) is 1. The molecule has 0 radical (unpaired) electrons. The van der Waals surface area contributed by atoms with Crippen LogP contribution < -0.4 is 5.32 Å². The molecule has 96 valence electrons. The molecule has 1 atom stereocenters. The third kappa shape index (κ3) is 6.46. The van der Waals surface area contributed by atoms with E-state index in [0.29, 0.717) is 6.04 Å². The minimum atomic E-state index is 0.537. The molecule has 0 saturated heterocycles. The zero-order valence-corrected chi connectivity index (χ0v) is 11.2. The molecule has 1 saturated carbocycles. The lowest BCUT2D eigenvalue weighted by Crippen LogP contribution is -2.33. The van der Waals surface area contributed by atoms with Crippen LogP contribution in [-0.4, -0.2) is 50.8 Å². The molecule has 3 nitrogen and oxygen atoms in total. The van der Waals surface area contributed by atoms with Crippen LogP contribution in [0.5, 0.6) is 0 Å². The SMILES string of the molecule is COCC(C)N(C)CCCCCNC1CC1. The summed E-state index contributed by atoms with van der Waals surface area (Å²) in [4.78, 5) is 2.39. The maximum atomic E-state index is 5.15. The van der Waals surface area contributed by atoms with Crippen molar-refractivity contribution >= 4 is 0 Å². The molecular weight excluding hydrogens is 200 g/mol. The summed E-state index contributed by atoms with van der Waals surface area (Å²) in [6.07, 6.45) is 6.76. The molecule has 0 aliphatic heterocycles. The summed E-state index contributed by atoms with van der Waals surface area (Å²) < 4.78 is 5.15. The van der Waals surface area contributed by atoms with Gasteiger partial charge in [-0.15, -0.1) is 0 Å². The first kappa shape index (κ1) is 13.9. The Labute approximate surface area is 101 Å². The minimum absolute atomic E-state index is 0.537. The topological polar surface area (TPSA) is 24.5 Å². The van der Waals surface area contributed by atoms with Gasteiger partial charge in [-0.25, -0.2) is 0 Å². The molecule has 0 heterocycles. The van der Waals surface area contributed by atoms with E-state index in [1.54, 1.807) is 7.11 Å². The quantitative estimate of drug-likeness (QED) is 0.578. The Kier molecular flexibility index (Phi) is 7.01. The molecule has 16 heavy (non-hydrogen) atoms. The second-order valence-electron chi connectivity index (χ2n) is 5.07. The normalized spacial score (nSPS) is 18.0. The van der Waals surface area contributed by atoms with Gasteiger partial charge in [-0.3, -0.25) is 0 Å². The van der Waals surface area contributed by atoms with Crippen LogP contribution >= 0.6 is 0 Å². The number of nitrogens with zero attached hydrogens (tertiary/aromatic N) is 1. The van der Waals surface area contributed by atoms with Crippen molar-refractivity contribution in [1.82, 2.24) is 10.2 Å². The number of unbranched alkanes of at least 4 members (excludes halogenated alkanes) is 2. The Morgan fingerprint density at radius 1 is 1.31 bits per heavy atom. The summed E-state index contributed by atoms with van der Waals surface area (Å²) in [5.41, 5.74) is 0. The van der Waals surface area contributed by atoms with Gasteiger partial charge in [-0.1, -0.05) is 6.42 Å². The van der Waals surface area contributed by atoms with Crippen LogP contribution in [0.1, 0.15) is 39.0 Å². The Balaban J connectivity index is 1.84. The average molecular weight is 228 g/mol. The predicted molar refractivity (Wildman–Crippen MR) is 68.8 cm³/mol. The molecule has 0 spiro atoms. The fourth-order valence-electron chi connectivity index (χ4n) is 1.85. The van der Waals surface area contributed by atoms with Crippen LogP contribution in [0.15, 0.2) is 0 Å². The predicted octanol–water partition coefficient (Wildman–Crippen LogP) is 1.88. The van der Waals surface area contributed by atoms with Gasteiger partial charge in [0, 0.05) is 19.2 Å². The summed E-state index contributed by atoms with van der Waals surface area (Å²) >= 11 is 0. The van der Waals surface area contributed by atoms with Gasteiger partial charge in [0.2, 0.25) is 0 Å². The van der Waals surface area contributed by atoms with Gasteiger partial charge in [0.05, 0.1) is 6.61 Å². The number of methoxy groups -OCH3 is 1. The Bertz CT molecular complexity index is 171. The van der Waals surface area contributed by atoms with Gasteiger partial charge in [0.1, 0.15) is 0 Å². The summed E-state index contributed by atoms with van der Waals surface area (Å²) in [6.45, 7) is 5.45. The number of ether oxygens (including phenoxy) is 1. The molecule has 1 N–H and O–H groups in total. The van der Waals surface area contributed by atoms with E-state index < -0.39 is 0 Å². The Morgan fingerprint density at radius 2 is 2.06 bits per heavy atom. The van der Waals surface area contributed by atoms with Crippen LogP contribution in [0.25, 0.3) is 0 Å². The summed E-state index contributed by atoms with van der Waals surface area (Å²) in [5, 5.41) is 3.55. The lowest BCUT2D eigenvalue weighted by Gasteiger charge is -2.23. The minimum Gasteiger partial charge on any atom is -0.383 e. The zero-order chi connectivity index (χ0) is 11.8. The standard InChI is InChI=1S/C13H28N2O/c1-12(11-16-3)15(2)10-6-4-5-9-14-13-7-8-13/h12-14H,4-11H2,1-3H3. The number of hydrogen-bond acceptors (Lipinski definition) is 3. The van der Waals surface area contributed by atoms with Gasteiger partial charge < -0.3 is 15.0 Å². The fourth-order valence-corrected chi connectivity index (χ4v) is 1.85. The molecule has 1 unspecified atom stereocenters. The third-order valence-electron chi connectivity index (χ3n) is 3.36. The highest BCUT2D eigenvalue weighted by molar-refractivity contribution is 4.80. The molecule has 0 amide bonds. The highest BCUT2D eigenvalue weighted by Crippen LogP contribution is 2.18. The Morgan fingerprint density at radius 3 is 2.69 bits per heavy atom. The molecule has 1 aliphatic rings. The van der Waals surface area contributed by atoms with Gasteiger partial charge in [-0.05, 0) is 52.7 Å². The van der Waals surface area contributed by atoms with Crippen molar-refractivity contribution in [2.24, 2.45) is 0 Å². The summed E-state index contributed by atoms with van der Waals surface area (Å²) in [6, 6.07) is 1.40. The largest absolute Gasteiger partial charge is 0.383 e. The lowest BCUT2D eigenvalue weighted by molar-refractivity contribution is 0.114. The van der Waals surface area contributed by atoms with Crippen molar-refractivity contribution in [2.75, 3.05) is 33.9 Å². The highest BCUT2D eigenvalue weighted by Gasteiger charge is 2.19. The van der Waals surface area contributed by atoms with Gasteiger partial charge in [0.25, 0.3) is 0 Å². The molecule has 0 bridgehead atoms. The first-order chi connectivity index (χ1) is 7.74. The van der Waals surface area contributed by atoms with Crippen molar-refractivity contribution in [3.05, 3.63) is 0 Å². The van der Waals surface area contributed by atoms with Crippen molar-refractivity contribution < 1.29 is 4.74 Å². The zero-order valence-electron chi connectivity index (χ0n) is 11.2. The van der Waals surface area contributed by atoms with E-state index in [-0.39, 0.29) is 0 Å². The summed E-state index contributed by atoms with van der Waals surface area (Å²) in [5.74, 6) is 0. The average Bonchev–Trinajstić information content (AvgIpc) is 3.07. The lowest BCUT2D eigenvalue weighted by atomic mass is 10.2. The van der Waals surface area contributed by atoms with Gasteiger partial charge >= 0.3 is 0 Å². The fraction of sp³-hybridized carbons (Fsp3) is 1.00. The number of nitrogens with one attached hydrogen (secondary N) is 1. The van der Waals surface area contributed by atoms with Crippen molar-refractivity contribution in [1.29, 1.82) is 0 Å². The monoisotopic (exact) mass is 228 g/mol. The Hall–Kier alpha value is -0.120. The van der Waals surface area contributed by atoms with E-state index in [9.17, 15) is 0 Å². The van der Waals surface area contributed by atoms with E-state index in [1.165, 1.54) is 45.2 Å². The first-order valence-corrected chi connectivity index (χ1v) is 6.66. The van der Waals surface area contributed by atoms with E-state index >= 15 is 0 Å². The maximum Gasteiger partial charge on any atom is 0.0615 e. The van der Waals surface area contributed by atoms with Crippen LogP contribution in [0.2, 0.25) is 0 Å². The van der Waals surface area contributed by atoms with Crippen LogP contribution in [0, 0.1) is 0 Å². The second kappa shape index (κ2) is 8.04. The molecule has 0 aromatic rings. The van der Waals surface area contributed by atoms with Crippen molar-refractivity contribution in [3.63, 3.8) is 0 Å². The molecule has 0 aromatic carbocycles. The van der Waals surface area contributed by atoms with E-state index in [2.05, 4.69) is 24.2 Å². The second-order valence-corrected chi connectivity index (χ2v) is 5.07. The molecule has 1 aliphatic carbocycles. The molecular formula is C13H28N2O. The number of likely N-dealkylation sites (N-methyl/N-ethyl adjacent to an activating group) is 1. The molecule has 0 aromatic heterocycles. The van der Waals surface area contributed by atoms with E-state index in [0.717, 1.165) is 12.6 Å². The third-order valence-corrected chi connectivity index (χ3v) is 3.36. The molecule has 3 heteroatoms. The van der Waals surface area contributed by atoms with Crippen molar-refractivity contribution in [3.8, 4) is 0 Å². The molecule has 1 fully saturated rings. The van der Waals surface area contributed by atoms with E-state index in [1.807, 2.05) is 0 Å².